The monoisotopic (exact) mass is 366 g/mol. The number of allylic oxidation sites excluding steroid dienone is 2. The van der Waals surface area contributed by atoms with Gasteiger partial charge in [-0.1, -0.05) is 53.9 Å². The van der Waals surface area contributed by atoms with Crippen LogP contribution >= 0.6 is 47.8 Å². The van der Waals surface area contributed by atoms with Crippen LogP contribution in [0.3, 0.4) is 0 Å². The van der Waals surface area contributed by atoms with E-state index in [0.29, 0.717) is 0 Å². The van der Waals surface area contributed by atoms with Gasteiger partial charge in [0.1, 0.15) is 0 Å². The minimum absolute atomic E-state index is 1.07. The molecule has 0 radical (unpaired) electrons. The van der Waals surface area contributed by atoms with Crippen LogP contribution in [0, 0.1) is 0 Å². The molecule has 70 valence electrons. The van der Waals surface area contributed by atoms with Gasteiger partial charge in [-0.05, 0) is 31.6 Å². The quantitative estimate of drug-likeness (QED) is 0.622. The average Bonchev–Trinajstić information content (AvgIpc) is 2.02. The minimum atomic E-state index is 1.07. The molecule has 0 aliphatic rings. The zero-order valence-electron chi connectivity index (χ0n) is 7.37. The molecule has 13 heavy (non-hydrogen) atoms. The van der Waals surface area contributed by atoms with Gasteiger partial charge >= 0.3 is 0 Å². The lowest BCUT2D eigenvalue weighted by Crippen LogP contribution is -1.84. The predicted octanol–water partition coefficient (Wildman–Crippen LogP) is 5.40. The standard InChI is InChI=1S/C10H9Br3/c1-3-6(2)10-8(12)4-7(11)5-9(10)13/h3-5H,1-2H3. The number of hydrogen-bond acceptors (Lipinski definition) is 0. The number of rotatable bonds is 1. The summed E-state index contributed by atoms with van der Waals surface area (Å²) in [6.45, 7) is 4.13. The lowest BCUT2D eigenvalue weighted by atomic mass is 10.1. The third-order valence-electron chi connectivity index (χ3n) is 1.83. The van der Waals surface area contributed by atoms with E-state index in [4.69, 9.17) is 0 Å². The molecule has 0 amide bonds. The normalized spacial score (nSPS) is 11.9. The topological polar surface area (TPSA) is 0 Å². The molecule has 0 aromatic heterocycles. The number of hydrogen-bond donors (Lipinski definition) is 0. The fourth-order valence-electron chi connectivity index (χ4n) is 1.06. The van der Waals surface area contributed by atoms with E-state index < -0.39 is 0 Å². The molecule has 0 nitrogen and oxygen atoms in total. The maximum absolute atomic E-state index is 3.54. The van der Waals surface area contributed by atoms with Crippen LogP contribution in [0.1, 0.15) is 19.4 Å². The third kappa shape index (κ3) is 2.67. The smallest absolute Gasteiger partial charge is 0.0272 e. The van der Waals surface area contributed by atoms with Crippen LogP contribution in [-0.4, -0.2) is 0 Å². The Labute approximate surface area is 104 Å². The van der Waals surface area contributed by atoms with Gasteiger partial charge in [0.2, 0.25) is 0 Å². The van der Waals surface area contributed by atoms with Crippen LogP contribution in [0.15, 0.2) is 31.6 Å². The van der Waals surface area contributed by atoms with Crippen molar-refractivity contribution in [3.8, 4) is 0 Å². The Kier molecular flexibility index (Phi) is 4.20. The van der Waals surface area contributed by atoms with E-state index in [1.54, 1.807) is 0 Å². The number of halogens is 3. The van der Waals surface area contributed by atoms with Gasteiger partial charge in [-0.15, -0.1) is 0 Å². The van der Waals surface area contributed by atoms with Gasteiger partial charge in [-0.3, -0.25) is 0 Å². The van der Waals surface area contributed by atoms with Gasteiger partial charge in [-0.25, -0.2) is 0 Å². The molecule has 1 aromatic rings. The van der Waals surface area contributed by atoms with Crippen molar-refractivity contribution < 1.29 is 0 Å². The first-order valence-electron chi connectivity index (χ1n) is 3.84. The van der Waals surface area contributed by atoms with Crippen molar-refractivity contribution in [2.75, 3.05) is 0 Å². The molecule has 0 aliphatic carbocycles. The van der Waals surface area contributed by atoms with Crippen molar-refractivity contribution in [2.45, 2.75) is 13.8 Å². The maximum atomic E-state index is 3.54. The molecule has 0 bridgehead atoms. The lowest BCUT2D eigenvalue weighted by Gasteiger charge is -2.08. The summed E-state index contributed by atoms with van der Waals surface area (Å²) in [4.78, 5) is 0. The molecule has 0 fully saturated rings. The van der Waals surface area contributed by atoms with E-state index in [1.165, 1.54) is 11.1 Å². The molecule has 0 aliphatic heterocycles. The highest BCUT2D eigenvalue weighted by Crippen LogP contribution is 2.34. The largest absolute Gasteiger partial charge is 0.0840 e. The van der Waals surface area contributed by atoms with Crippen molar-refractivity contribution >= 4 is 53.4 Å². The van der Waals surface area contributed by atoms with Crippen LogP contribution in [-0.2, 0) is 0 Å². The zero-order chi connectivity index (χ0) is 10.0. The lowest BCUT2D eigenvalue weighted by molar-refractivity contribution is 1.45. The van der Waals surface area contributed by atoms with Gasteiger partial charge in [0.25, 0.3) is 0 Å². The van der Waals surface area contributed by atoms with E-state index >= 15 is 0 Å². The highest BCUT2D eigenvalue weighted by atomic mass is 79.9. The molecule has 3 heteroatoms. The Morgan fingerprint density at radius 3 is 2.00 bits per heavy atom. The van der Waals surface area contributed by atoms with Gasteiger partial charge in [0.05, 0.1) is 0 Å². The molecular formula is C10H9Br3. The highest BCUT2D eigenvalue weighted by molar-refractivity contribution is 9.11. The first-order chi connectivity index (χ1) is 6.06. The van der Waals surface area contributed by atoms with E-state index in [2.05, 4.69) is 60.8 Å². The van der Waals surface area contributed by atoms with E-state index in [9.17, 15) is 0 Å². The fourth-order valence-corrected chi connectivity index (χ4v) is 3.95. The molecule has 0 N–H and O–H groups in total. The van der Waals surface area contributed by atoms with E-state index in [1.807, 2.05) is 19.1 Å². The highest BCUT2D eigenvalue weighted by Gasteiger charge is 2.07. The second-order valence-corrected chi connectivity index (χ2v) is 5.34. The van der Waals surface area contributed by atoms with Crippen molar-refractivity contribution in [1.82, 2.24) is 0 Å². The molecule has 0 atom stereocenters. The van der Waals surface area contributed by atoms with Gasteiger partial charge < -0.3 is 0 Å². The summed E-state index contributed by atoms with van der Waals surface area (Å²) in [6, 6.07) is 4.10. The van der Waals surface area contributed by atoms with Crippen molar-refractivity contribution in [1.29, 1.82) is 0 Å². The van der Waals surface area contributed by atoms with Gasteiger partial charge in [-0.2, -0.15) is 0 Å². The first kappa shape index (κ1) is 11.5. The van der Waals surface area contributed by atoms with E-state index in [0.717, 1.165) is 13.4 Å². The summed E-state index contributed by atoms with van der Waals surface area (Å²) < 4.78 is 3.27. The van der Waals surface area contributed by atoms with Crippen LogP contribution in [0.25, 0.3) is 5.57 Å². The maximum Gasteiger partial charge on any atom is 0.0272 e. The molecule has 0 unspecified atom stereocenters. The second kappa shape index (κ2) is 4.76. The summed E-state index contributed by atoms with van der Waals surface area (Å²) in [5, 5.41) is 0. The Hall–Kier alpha value is 0.400. The zero-order valence-corrected chi connectivity index (χ0v) is 12.1. The van der Waals surface area contributed by atoms with Gasteiger partial charge in [0, 0.05) is 19.0 Å². The van der Waals surface area contributed by atoms with Crippen LogP contribution in [0.5, 0.6) is 0 Å². The Bertz CT molecular complexity index is 330. The van der Waals surface area contributed by atoms with Crippen LogP contribution < -0.4 is 0 Å². The van der Waals surface area contributed by atoms with Crippen LogP contribution in [0.4, 0.5) is 0 Å². The predicted molar refractivity (Wildman–Crippen MR) is 68.9 cm³/mol. The first-order valence-corrected chi connectivity index (χ1v) is 6.22. The fraction of sp³-hybridized carbons (Fsp3) is 0.200. The third-order valence-corrected chi connectivity index (χ3v) is 3.54. The minimum Gasteiger partial charge on any atom is -0.0840 e. The molecule has 0 saturated heterocycles. The molecule has 1 rings (SSSR count). The van der Waals surface area contributed by atoms with Gasteiger partial charge in [0.15, 0.2) is 0 Å². The second-order valence-electron chi connectivity index (χ2n) is 2.72. The molecule has 0 saturated carbocycles. The summed E-state index contributed by atoms with van der Waals surface area (Å²) in [5.41, 5.74) is 2.47. The average molecular weight is 369 g/mol. The van der Waals surface area contributed by atoms with Crippen molar-refractivity contribution in [2.24, 2.45) is 0 Å². The molecular weight excluding hydrogens is 360 g/mol. The SMILES string of the molecule is CC=C(C)c1c(Br)cc(Br)cc1Br. The summed E-state index contributed by atoms with van der Waals surface area (Å²) in [6.07, 6.45) is 2.10. The Morgan fingerprint density at radius 1 is 1.15 bits per heavy atom. The van der Waals surface area contributed by atoms with E-state index in [-0.39, 0.29) is 0 Å². The summed E-state index contributed by atoms with van der Waals surface area (Å²) in [5.74, 6) is 0. The van der Waals surface area contributed by atoms with Crippen molar-refractivity contribution in [3.63, 3.8) is 0 Å². The Morgan fingerprint density at radius 2 is 1.62 bits per heavy atom. The summed E-state index contributed by atoms with van der Waals surface area (Å²) in [7, 11) is 0. The van der Waals surface area contributed by atoms with Crippen LogP contribution in [0.2, 0.25) is 0 Å². The Balaban J connectivity index is 3.37. The molecule has 0 spiro atoms. The van der Waals surface area contributed by atoms with Crippen molar-refractivity contribution in [3.05, 3.63) is 37.2 Å². The summed E-state index contributed by atoms with van der Waals surface area (Å²) >= 11 is 10.5. The molecule has 1 aromatic carbocycles. The number of benzene rings is 1. The molecule has 0 heterocycles.